The molecule has 0 unspecified atom stereocenters. The van der Waals surface area contributed by atoms with Crippen LogP contribution in [0.5, 0.6) is 0 Å². The van der Waals surface area contributed by atoms with Gasteiger partial charge in [0.15, 0.2) is 0 Å². The molecule has 0 radical (unpaired) electrons. The fourth-order valence-electron chi connectivity index (χ4n) is 1.51. The van der Waals surface area contributed by atoms with Gasteiger partial charge in [0.2, 0.25) is 0 Å². The Morgan fingerprint density at radius 3 is 2.00 bits per heavy atom. The first-order valence-corrected chi connectivity index (χ1v) is 5.58. The van der Waals surface area contributed by atoms with Crippen molar-refractivity contribution >= 4 is 28.6 Å². The Morgan fingerprint density at radius 2 is 1.50 bits per heavy atom. The third-order valence-corrected chi connectivity index (χ3v) is 2.56. The molecular weight excluding hydrogens is 254 g/mol. The van der Waals surface area contributed by atoms with Crippen LogP contribution in [0.25, 0.3) is 0 Å². The molecule has 2 nitrogen and oxygen atoms in total. The Hall–Kier alpha value is -2.01. The smallest absolute Gasteiger partial charge is 0.128 e. The van der Waals surface area contributed by atoms with E-state index in [1.165, 1.54) is 12.1 Å². The van der Waals surface area contributed by atoms with E-state index in [0.29, 0.717) is 16.4 Å². The predicted octanol–water partition coefficient (Wildman–Crippen LogP) is 3.34. The molecule has 0 aliphatic rings. The highest BCUT2D eigenvalue weighted by Crippen LogP contribution is 2.19. The molecule has 3 N–H and O–H groups in total. The van der Waals surface area contributed by atoms with Crippen LogP contribution in [-0.4, -0.2) is 4.99 Å². The monoisotopic (exact) mass is 264 g/mol. The highest BCUT2D eigenvalue weighted by atomic mass is 32.1. The molecule has 0 fully saturated rings. The van der Waals surface area contributed by atoms with Crippen LogP contribution in [-0.2, 0) is 0 Å². The molecular formula is C13H10F2N2S. The fourth-order valence-corrected chi connectivity index (χ4v) is 1.65. The number of hydrogen-bond donors (Lipinski definition) is 2. The van der Waals surface area contributed by atoms with Gasteiger partial charge in [-0.25, -0.2) is 8.78 Å². The molecule has 0 bridgehead atoms. The van der Waals surface area contributed by atoms with Gasteiger partial charge in [-0.15, -0.1) is 0 Å². The van der Waals surface area contributed by atoms with Gasteiger partial charge in [0.1, 0.15) is 16.6 Å². The summed E-state index contributed by atoms with van der Waals surface area (Å²) in [5.41, 5.74) is 7.24. The molecule has 2 aromatic rings. The maximum Gasteiger partial charge on any atom is 0.128 e. The van der Waals surface area contributed by atoms with E-state index in [2.05, 4.69) is 5.32 Å². The van der Waals surface area contributed by atoms with Crippen LogP contribution in [0.4, 0.5) is 20.2 Å². The zero-order valence-corrected chi connectivity index (χ0v) is 10.1. The number of halogens is 2. The summed E-state index contributed by atoms with van der Waals surface area (Å²) in [5, 5.41) is 2.89. The van der Waals surface area contributed by atoms with Gasteiger partial charge in [0.25, 0.3) is 0 Å². The highest BCUT2D eigenvalue weighted by Gasteiger charge is 2.01. The van der Waals surface area contributed by atoms with E-state index >= 15 is 0 Å². The largest absolute Gasteiger partial charge is 0.389 e. The molecule has 92 valence electrons. The highest BCUT2D eigenvalue weighted by molar-refractivity contribution is 7.80. The van der Waals surface area contributed by atoms with Crippen LogP contribution >= 0.6 is 12.2 Å². The molecule has 0 aromatic heterocycles. The van der Waals surface area contributed by atoms with E-state index in [1.54, 1.807) is 24.3 Å². The van der Waals surface area contributed by atoms with E-state index in [-0.39, 0.29) is 0 Å². The molecule has 0 spiro atoms. The van der Waals surface area contributed by atoms with E-state index < -0.39 is 11.6 Å². The van der Waals surface area contributed by atoms with Crippen LogP contribution in [0.15, 0.2) is 42.5 Å². The summed E-state index contributed by atoms with van der Waals surface area (Å²) >= 11 is 4.83. The molecule has 0 atom stereocenters. The minimum Gasteiger partial charge on any atom is -0.389 e. The van der Waals surface area contributed by atoms with Gasteiger partial charge >= 0.3 is 0 Å². The van der Waals surface area contributed by atoms with Gasteiger partial charge in [-0.05, 0) is 36.4 Å². The molecule has 2 aromatic carbocycles. The zero-order valence-electron chi connectivity index (χ0n) is 9.28. The zero-order chi connectivity index (χ0) is 13.1. The van der Waals surface area contributed by atoms with Crippen molar-refractivity contribution in [2.45, 2.75) is 0 Å². The Bertz CT molecular complexity index is 562. The van der Waals surface area contributed by atoms with Crippen LogP contribution < -0.4 is 11.1 Å². The van der Waals surface area contributed by atoms with Gasteiger partial charge in [0.05, 0.1) is 0 Å². The van der Waals surface area contributed by atoms with Gasteiger partial charge in [0, 0.05) is 23.0 Å². The molecule has 0 aliphatic heterocycles. The van der Waals surface area contributed by atoms with Crippen molar-refractivity contribution in [2.24, 2.45) is 5.73 Å². The third-order valence-electron chi connectivity index (χ3n) is 2.32. The summed E-state index contributed by atoms with van der Waals surface area (Å²) in [6, 6.07) is 10.2. The second-order valence-corrected chi connectivity index (χ2v) is 4.16. The van der Waals surface area contributed by atoms with Crippen LogP contribution in [0, 0.1) is 11.6 Å². The SMILES string of the molecule is NC(=S)c1ccc(Nc2cc(F)cc(F)c2)cc1. The number of hydrogen-bond acceptors (Lipinski definition) is 2. The number of benzene rings is 2. The van der Waals surface area contributed by atoms with Crippen molar-refractivity contribution in [3.8, 4) is 0 Å². The summed E-state index contributed by atoms with van der Waals surface area (Å²) < 4.78 is 26.0. The van der Waals surface area contributed by atoms with Crippen molar-refractivity contribution in [3.05, 3.63) is 59.7 Å². The first-order valence-electron chi connectivity index (χ1n) is 5.17. The molecule has 0 saturated heterocycles. The second-order valence-electron chi connectivity index (χ2n) is 3.72. The average molecular weight is 264 g/mol. The standard InChI is InChI=1S/C13H10F2N2S/c14-9-5-10(15)7-12(6-9)17-11-3-1-8(2-4-11)13(16)18/h1-7,17H,(H2,16,18). The summed E-state index contributed by atoms with van der Waals surface area (Å²) in [6.45, 7) is 0. The van der Waals surface area contributed by atoms with Crippen molar-refractivity contribution in [1.82, 2.24) is 0 Å². The molecule has 0 aliphatic carbocycles. The Kier molecular flexibility index (Phi) is 3.53. The topological polar surface area (TPSA) is 38.0 Å². The lowest BCUT2D eigenvalue weighted by Gasteiger charge is -2.07. The number of anilines is 2. The number of nitrogens with two attached hydrogens (primary N) is 1. The average Bonchev–Trinajstić information content (AvgIpc) is 2.28. The first-order chi connectivity index (χ1) is 8.54. The van der Waals surface area contributed by atoms with E-state index in [1.807, 2.05) is 0 Å². The normalized spacial score (nSPS) is 10.1. The molecule has 2 rings (SSSR count). The minimum atomic E-state index is -0.628. The quantitative estimate of drug-likeness (QED) is 0.835. The Balaban J connectivity index is 2.20. The number of nitrogens with one attached hydrogen (secondary N) is 1. The van der Waals surface area contributed by atoms with Gasteiger partial charge in [-0.2, -0.15) is 0 Å². The summed E-state index contributed by atoms with van der Waals surface area (Å²) in [5.74, 6) is -1.26. The second kappa shape index (κ2) is 5.10. The first kappa shape index (κ1) is 12.4. The van der Waals surface area contributed by atoms with Crippen LogP contribution in [0.3, 0.4) is 0 Å². The van der Waals surface area contributed by atoms with Crippen molar-refractivity contribution in [2.75, 3.05) is 5.32 Å². The maximum atomic E-state index is 13.0. The summed E-state index contributed by atoms with van der Waals surface area (Å²) in [6.07, 6.45) is 0. The van der Waals surface area contributed by atoms with E-state index in [9.17, 15) is 8.78 Å². The summed E-state index contributed by atoms with van der Waals surface area (Å²) in [7, 11) is 0. The van der Waals surface area contributed by atoms with Crippen LogP contribution in [0.2, 0.25) is 0 Å². The summed E-state index contributed by atoms with van der Waals surface area (Å²) in [4.78, 5) is 0.304. The van der Waals surface area contributed by atoms with Gasteiger partial charge < -0.3 is 11.1 Å². The fraction of sp³-hybridized carbons (Fsp3) is 0. The van der Waals surface area contributed by atoms with E-state index in [4.69, 9.17) is 18.0 Å². The Labute approximate surface area is 108 Å². The van der Waals surface area contributed by atoms with E-state index in [0.717, 1.165) is 11.6 Å². The number of thiocarbonyl (C=S) groups is 1. The lowest BCUT2D eigenvalue weighted by molar-refractivity contribution is 0.584. The van der Waals surface area contributed by atoms with Crippen molar-refractivity contribution < 1.29 is 8.78 Å². The van der Waals surface area contributed by atoms with Gasteiger partial charge in [-0.1, -0.05) is 12.2 Å². The lowest BCUT2D eigenvalue weighted by atomic mass is 10.2. The molecule has 0 heterocycles. The van der Waals surface area contributed by atoms with Gasteiger partial charge in [-0.3, -0.25) is 0 Å². The molecule has 0 saturated carbocycles. The van der Waals surface area contributed by atoms with Crippen molar-refractivity contribution in [1.29, 1.82) is 0 Å². The molecule has 5 heteroatoms. The van der Waals surface area contributed by atoms with Crippen molar-refractivity contribution in [3.63, 3.8) is 0 Å². The minimum absolute atomic E-state index is 0.304. The predicted molar refractivity (Wildman–Crippen MR) is 72.0 cm³/mol. The lowest BCUT2D eigenvalue weighted by Crippen LogP contribution is -2.08. The number of rotatable bonds is 3. The Morgan fingerprint density at radius 1 is 0.944 bits per heavy atom. The van der Waals surface area contributed by atoms with Crippen LogP contribution in [0.1, 0.15) is 5.56 Å². The third kappa shape index (κ3) is 3.01. The molecule has 18 heavy (non-hydrogen) atoms. The maximum absolute atomic E-state index is 13.0. The molecule has 0 amide bonds.